The number of methoxy groups -OCH3 is 1. The second-order valence-electron chi connectivity index (χ2n) is 2.13. The summed E-state index contributed by atoms with van der Waals surface area (Å²) in [7, 11) is 1.32. The zero-order chi connectivity index (χ0) is 9.14. The molecule has 0 spiro atoms. The molecule has 0 aliphatic rings. The van der Waals surface area contributed by atoms with Crippen LogP contribution in [0.5, 0.6) is 0 Å². The minimum atomic E-state index is -0.677. The molecule has 1 aromatic heterocycles. The molecule has 0 amide bonds. The van der Waals surface area contributed by atoms with E-state index in [1.165, 1.54) is 18.4 Å². The summed E-state index contributed by atoms with van der Waals surface area (Å²) in [6, 6.07) is 1.17. The van der Waals surface area contributed by atoms with Crippen LogP contribution in [0, 0.1) is 0 Å². The average molecular weight is 287 g/mol. The molecule has 0 fully saturated rings. The van der Waals surface area contributed by atoms with E-state index < -0.39 is 12.0 Å². The highest BCUT2D eigenvalue weighted by Gasteiger charge is 2.19. The zero-order valence-electron chi connectivity index (χ0n) is 6.82. The number of thiophene rings is 1. The SMILES string of the molecule is COC(=O)[C@@H](N)c1sccc1Br.Cl. The fourth-order valence-corrected chi connectivity index (χ4v) is 2.37. The predicted molar refractivity (Wildman–Crippen MR) is 58.2 cm³/mol. The maximum absolute atomic E-state index is 11.0. The van der Waals surface area contributed by atoms with E-state index in [1.54, 1.807) is 0 Å². The Kier molecular flexibility index (Phi) is 5.55. The number of carbonyl (C=O) groups is 1. The van der Waals surface area contributed by atoms with Crippen molar-refractivity contribution < 1.29 is 9.53 Å². The van der Waals surface area contributed by atoms with Crippen LogP contribution in [-0.4, -0.2) is 13.1 Å². The molecule has 0 aliphatic heterocycles. The Morgan fingerprint density at radius 3 is 2.77 bits per heavy atom. The number of hydrogen-bond donors (Lipinski definition) is 1. The van der Waals surface area contributed by atoms with Gasteiger partial charge in [-0.3, -0.25) is 0 Å². The van der Waals surface area contributed by atoms with Crippen LogP contribution in [0.4, 0.5) is 0 Å². The van der Waals surface area contributed by atoms with Crippen LogP contribution in [0.3, 0.4) is 0 Å². The summed E-state index contributed by atoms with van der Waals surface area (Å²) >= 11 is 4.72. The van der Waals surface area contributed by atoms with Gasteiger partial charge in [0.25, 0.3) is 0 Å². The van der Waals surface area contributed by atoms with Gasteiger partial charge in [0, 0.05) is 9.35 Å². The Bertz CT molecular complexity index is 292. The molecule has 74 valence electrons. The molecular weight excluding hydrogens is 278 g/mol. The Hall–Kier alpha value is -0.100. The predicted octanol–water partition coefficient (Wildman–Crippen LogP) is 2.11. The molecule has 0 saturated carbocycles. The summed E-state index contributed by atoms with van der Waals surface area (Å²) in [6.07, 6.45) is 0. The van der Waals surface area contributed by atoms with Crippen molar-refractivity contribution in [1.29, 1.82) is 0 Å². The Morgan fingerprint density at radius 1 is 1.77 bits per heavy atom. The van der Waals surface area contributed by atoms with E-state index in [4.69, 9.17) is 5.73 Å². The fraction of sp³-hybridized carbons (Fsp3) is 0.286. The van der Waals surface area contributed by atoms with Gasteiger partial charge in [-0.2, -0.15) is 0 Å². The molecule has 2 N–H and O–H groups in total. The molecule has 0 saturated heterocycles. The van der Waals surface area contributed by atoms with E-state index in [9.17, 15) is 4.79 Å². The van der Waals surface area contributed by atoms with Crippen molar-refractivity contribution in [3.05, 3.63) is 20.8 Å². The van der Waals surface area contributed by atoms with Crippen LogP contribution in [-0.2, 0) is 9.53 Å². The van der Waals surface area contributed by atoms with Crippen molar-refractivity contribution in [2.75, 3.05) is 7.11 Å². The average Bonchev–Trinajstić information content (AvgIpc) is 2.48. The van der Waals surface area contributed by atoms with Gasteiger partial charge in [0.05, 0.1) is 7.11 Å². The summed E-state index contributed by atoms with van der Waals surface area (Å²) in [5.41, 5.74) is 5.60. The molecule has 0 radical (unpaired) electrons. The van der Waals surface area contributed by atoms with Crippen molar-refractivity contribution in [2.45, 2.75) is 6.04 Å². The molecule has 1 rings (SSSR count). The molecule has 0 aromatic carbocycles. The monoisotopic (exact) mass is 285 g/mol. The summed E-state index contributed by atoms with van der Waals surface area (Å²) in [5.74, 6) is -0.418. The lowest BCUT2D eigenvalue weighted by atomic mass is 10.2. The molecular formula is C7H9BrClNO2S. The standard InChI is InChI=1S/C7H8BrNO2S.ClH/c1-11-7(10)5(9)6-4(8)2-3-12-6;/h2-3,5H,9H2,1H3;1H/t5-;/m0./s1. The highest BCUT2D eigenvalue weighted by Crippen LogP contribution is 2.28. The number of carbonyl (C=O) groups excluding carboxylic acids is 1. The lowest BCUT2D eigenvalue weighted by Gasteiger charge is -2.06. The molecule has 0 unspecified atom stereocenters. The first-order valence-corrected chi connectivity index (χ1v) is 4.90. The van der Waals surface area contributed by atoms with Gasteiger partial charge < -0.3 is 10.5 Å². The van der Waals surface area contributed by atoms with Gasteiger partial charge in [0.15, 0.2) is 0 Å². The van der Waals surface area contributed by atoms with Gasteiger partial charge in [-0.25, -0.2) is 4.79 Å². The van der Waals surface area contributed by atoms with E-state index in [0.29, 0.717) is 0 Å². The molecule has 0 bridgehead atoms. The summed E-state index contributed by atoms with van der Waals surface area (Å²) in [4.78, 5) is 11.8. The number of esters is 1. The first-order chi connectivity index (χ1) is 5.66. The smallest absolute Gasteiger partial charge is 0.328 e. The van der Waals surface area contributed by atoms with Crippen LogP contribution < -0.4 is 5.73 Å². The Morgan fingerprint density at radius 2 is 2.38 bits per heavy atom. The third-order valence-electron chi connectivity index (χ3n) is 1.38. The van der Waals surface area contributed by atoms with E-state index in [-0.39, 0.29) is 12.4 Å². The number of hydrogen-bond acceptors (Lipinski definition) is 4. The molecule has 13 heavy (non-hydrogen) atoms. The van der Waals surface area contributed by atoms with Crippen LogP contribution >= 0.6 is 39.7 Å². The van der Waals surface area contributed by atoms with Gasteiger partial charge in [-0.1, -0.05) is 0 Å². The minimum Gasteiger partial charge on any atom is -0.468 e. The highest BCUT2D eigenvalue weighted by molar-refractivity contribution is 9.10. The van der Waals surface area contributed by atoms with Crippen molar-refractivity contribution >= 4 is 45.6 Å². The van der Waals surface area contributed by atoms with Crippen LogP contribution in [0.2, 0.25) is 0 Å². The molecule has 0 aliphatic carbocycles. The van der Waals surface area contributed by atoms with Crippen molar-refractivity contribution in [3.63, 3.8) is 0 Å². The number of rotatable bonds is 2. The zero-order valence-corrected chi connectivity index (χ0v) is 10.0. The van der Waals surface area contributed by atoms with Gasteiger partial charge >= 0.3 is 5.97 Å². The van der Waals surface area contributed by atoms with Crippen LogP contribution in [0.25, 0.3) is 0 Å². The van der Waals surface area contributed by atoms with Crippen molar-refractivity contribution in [2.24, 2.45) is 5.73 Å². The third kappa shape index (κ3) is 2.95. The molecule has 1 atom stereocenters. The lowest BCUT2D eigenvalue weighted by molar-refractivity contribution is -0.142. The summed E-state index contributed by atoms with van der Waals surface area (Å²) in [5, 5.41) is 1.86. The maximum Gasteiger partial charge on any atom is 0.328 e. The quantitative estimate of drug-likeness (QED) is 0.847. The van der Waals surface area contributed by atoms with Crippen LogP contribution in [0.15, 0.2) is 15.9 Å². The van der Waals surface area contributed by atoms with Gasteiger partial charge in [-0.15, -0.1) is 23.7 Å². The number of ether oxygens (including phenoxy) is 1. The van der Waals surface area contributed by atoms with Gasteiger partial charge in [0.2, 0.25) is 0 Å². The topological polar surface area (TPSA) is 52.3 Å². The summed E-state index contributed by atoms with van der Waals surface area (Å²) in [6.45, 7) is 0. The Labute approximate surface area is 94.8 Å². The Balaban J connectivity index is 0.00000144. The van der Waals surface area contributed by atoms with Crippen molar-refractivity contribution in [1.82, 2.24) is 0 Å². The summed E-state index contributed by atoms with van der Waals surface area (Å²) < 4.78 is 5.36. The molecule has 1 aromatic rings. The van der Waals surface area contributed by atoms with E-state index >= 15 is 0 Å². The number of halogens is 2. The van der Waals surface area contributed by atoms with Crippen LogP contribution in [0.1, 0.15) is 10.9 Å². The third-order valence-corrected chi connectivity index (χ3v) is 3.34. The lowest BCUT2D eigenvalue weighted by Crippen LogP contribution is -2.21. The van der Waals surface area contributed by atoms with Crippen molar-refractivity contribution in [3.8, 4) is 0 Å². The molecule has 1 heterocycles. The first-order valence-electron chi connectivity index (χ1n) is 3.23. The first kappa shape index (κ1) is 12.9. The maximum atomic E-state index is 11.0. The highest BCUT2D eigenvalue weighted by atomic mass is 79.9. The second kappa shape index (κ2) is 5.59. The molecule has 6 heteroatoms. The number of nitrogens with two attached hydrogens (primary N) is 1. The van der Waals surface area contributed by atoms with Gasteiger partial charge in [0.1, 0.15) is 6.04 Å². The van der Waals surface area contributed by atoms with E-state index in [1.807, 2.05) is 11.4 Å². The normalized spacial score (nSPS) is 11.6. The minimum absolute atomic E-state index is 0. The largest absolute Gasteiger partial charge is 0.468 e. The van der Waals surface area contributed by atoms with E-state index in [0.717, 1.165) is 9.35 Å². The second-order valence-corrected chi connectivity index (χ2v) is 3.94. The van der Waals surface area contributed by atoms with Gasteiger partial charge in [-0.05, 0) is 27.4 Å². The fourth-order valence-electron chi connectivity index (χ4n) is 0.761. The molecule has 3 nitrogen and oxygen atoms in total. The van der Waals surface area contributed by atoms with E-state index in [2.05, 4.69) is 20.7 Å².